The number of H-pyrrole nitrogens is 1. The van der Waals surface area contributed by atoms with E-state index in [1.807, 2.05) is 12.1 Å². The Morgan fingerprint density at radius 2 is 2.43 bits per heavy atom. The van der Waals surface area contributed by atoms with E-state index in [0.29, 0.717) is 6.54 Å². The molecule has 72 valence electrons. The van der Waals surface area contributed by atoms with Gasteiger partial charge in [0.1, 0.15) is 12.5 Å². The van der Waals surface area contributed by atoms with Gasteiger partial charge in [-0.1, -0.05) is 0 Å². The van der Waals surface area contributed by atoms with Gasteiger partial charge in [0.15, 0.2) is 0 Å². The van der Waals surface area contributed by atoms with Crippen molar-refractivity contribution in [3.8, 4) is 5.75 Å². The van der Waals surface area contributed by atoms with Gasteiger partial charge in [-0.2, -0.15) is 0 Å². The summed E-state index contributed by atoms with van der Waals surface area (Å²) in [4.78, 5) is 7.12. The third kappa shape index (κ3) is 1.07. The van der Waals surface area contributed by atoms with Crippen LogP contribution in [0.15, 0.2) is 18.5 Å². The number of hydroxylamine groups is 2. The van der Waals surface area contributed by atoms with Crippen molar-refractivity contribution in [2.75, 3.05) is 6.73 Å². The van der Waals surface area contributed by atoms with Gasteiger partial charge in [0, 0.05) is 18.2 Å². The normalized spacial score (nSPS) is 16.6. The summed E-state index contributed by atoms with van der Waals surface area (Å²) in [7, 11) is 0. The second-order valence-corrected chi connectivity index (χ2v) is 3.29. The average molecular weight is 190 g/mol. The second-order valence-electron chi connectivity index (χ2n) is 3.29. The first-order chi connectivity index (χ1) is 6.83. The number of fused-ring (bicyclic) bond motifs is 2. The lowest BCUT2D eigenvalue weighted by atomic mass is 10.1. The number of nitrogens with one attached hydrogen (secondary N) is 1. The minimum atomic E-state index is 0.100. The zero-order valence-corrected chi connectivity index (χ0v) is 7.36. The number of hydrogen-bond donors (Lipinski definition) is 1. The molecule has 0 amide bonds. The molecule has 0 spiro atoms. The molecule has 5 nitrogen and oxygen atoms in total. The highest BCUT2D eigenvalue weighted by atomic mass is 16.6. The average Bonchev–Trinajstić information content (AvgIpc) is 2.61. The van der Waals surface area contributed by atoms with Crippen molar-refractivity contribution in [3.63, 3.8) is 0 Å². The van der Waals surface area contributed by atoms with Gasteiger partial charge in [-0.25, -0.2) is 4.98 Å². The maximum Gasteiger partial charge on any atom is 0.131 e. The van der Waals surface area contributed by atoms with Gasteiger partial charge in [0.25, 0.3) is 0 Å². The van der Waals surface area contributed by atoms with E-state index >= 15 is 0 Å². The Bertz CT molecular complexity index is 480. The minimum Gasteiger partial charge on any atom is -0.783 e. The van der Waals surface area contributed by atoms with E-state index in [2.05, 4.69) is 9.97 Å². The van der Waals surface area contributed by atoms with E-state index in [1.165, 1.54) is 0 Å². The molecule has 0 saturated carbocycles. The molecule has 1 aliphatic rings. The van der Waals surface area contributed by atoms with Crippen LogP contribution in [0.4, 0.5) is 0 Å². The predicted octanol–water partition coefficient (Wildman–Crippen LogP) is 1.21. The molecule has 0 bridgehead atoms. The third-order valence-corrected chi connectivity index (χ3v) is 2.31. The Hall–Kier alpha value is -1.59. The fraction of sp³-hybridized carbons (Fsp3) is 0.222. The first-order valence-corrected chi connectivity index (χ1v) is 4.34. The Morgan fingerprint density at radius 3 is 3.36 bits per heavy atom. The summed E-state index contributed by atoms with van der Waals surface area (Å²) in [5.41, 5.74) is 2.70. The lowest BCUT2D eigenvalue weighted by molar-refractivity contribution is 0.141. The van der Waals surface area contributed by atoms with Crippen molar-refractivity contribution >= 4 is 11.0 Å². The summed E-state index contributed by atoms with van der Waals surface area (Å²) in [5, 5.41) is 11.9. The molecule has 1 N–H and O–H groups in total. The summed E-state index contributed by atoms with van der Waals surface area (Å²) in [6, 6.07) is 3.76. The smallest absolute Gasteiger partial charge is 0.131 e. The van der Waals surface area contributed by atoms with E-state index in [4.69, 9.17) is 4.74 Å². The highest BCUT2D eigenvalue weighted by Gasteiger charge is 2.12. The number of benzene rings is 1. The van der Waals surface area contributed by atoms with Gasteiger partial charge >= 0.3 is 0 Å². The molecule has 5 heteroatoms. The van der Waals surface area contributed by atoms with Crippen LogP contribution in [0.3, 0.4) is 0 Å². The molecule has 0 saturated heterocycles. The zero-order valence-electron chi connectivity index (χ0n) is 7.36. The summed E-state index contributed by atoms with van der Waals surface area (Å²) in [5.74, 6) is 0.761. The van der Waals surface area contributed by atoms with E-state index < -0.39 is 0 Å². The number of ether oxygens (including phenoxy) is 1. The van der Waals surface area contributed by atoms with E-state index in [1.54, 1.807) is 6.33 Å². The molecule has 0 fully saturated rings. The van der Waals surface area contributed by atoms with Gasteiger partial charge < -0.3 is 20.0 Å². The molecule has 1 aliphatic heterocycles. The summed E-state index contributed by atoms with van der Waals surface area (Å²) < 4.78 is 5.27. The molecule has 1 aromatic carbocycles. The molecule has 0 radical (unpaired) electrons. The molecule has 0 unspecified atom stereocenters. The third-order valence-electron chi connectivity index (χ3n) is 2.31. The molecule has 1 aromatic heterocycles. The summed E-state index contributed by atoms with van der Waals surface area (Å²) in [6.07, 6.45) is 1.63. The number of hydrogen-bond acceptors (Lipinski definition) is 4. The fourth-order valence-corrected chi connectivity index (χ4v) is 1.64. The summed E-state index contributed by atoms with van der Waals surface area (Å²) in [6.45, 7) is 0.479. The number of imidazole rings is 1. The number of rotatable bonds is 0. The van der Waals surface area contributed by atoms with Crippen LogP contribution in [0.1, 0.15) is 5.56 Å². The van der Waals surface area contributed by atoms with Crippen molar-refractivity contribution in [2.45, 2.75) is 6.54 Å². The number of nitrogens with zero attached hydrogens (tertiary/aromatic N) is 2. The Morgan fingerprint density at radius 1 is 1.50 bits per heavy atom. The molecule has 0 atom stereocenters. The number of aromatic nitrogens is 2. The van der Waals surface area contributed by atoms with Crippen LogP contribution >= 0.6 is 0 Å². The van der Waals surface area contributed by atoms with Gasteiger partial charge in [-0.3, -0.25) is 0 Å². The fourth-order valence-electron chi connectivity index (χ4n) is 1.64. The van der Waals surface area contributed by atoms with E-state index in [0.717, 1.165) is 27.4 Å². The second kappa shape index (κ2) is 2.70. The molecule has 2 heterocycles. The maximum atomic E-state index is 11.1. The van der Waals surface area contributed by atoms with Gasteiger partial charge in [0.2, 0.25) is 0 Å². The molecular formula is C9H8N3O2-. The Kier molecular flexibility index (Phi) is 1.50. The molecular weight excluding hydrogens is 182 g/mol. The molecule has 14 heavy (non-hydrogen) atoms. The maximum absolute atomic E-state index is 11.1. The van der Waals surface area contributed by atoms with E-state index in [-0.39, 0.29) is 6.73 Å². The van der Waals surface area contributed by atoms with Crippen molar-refractivity contribution in [3.05, 3.63) is 29.2 Å². The largest absolute Gasteiger partial charge is 0.783 e. The Balaban J connectivity index is 2.19. The first-order valence-electron chi connectivity index (χ1n) is 4.34. The monoisotopic (exact) mass is 190 g/mol. The summed E-state index contributed by atoms with van der Waals surface area (Å²) >= 11 is 0. The SMILES string of the molecule is [O-]N1COc2cc3nc[nH]c3cc2C1. The molecule has 2 aromatic rings. The van der Waals surface area contributed by atoms with Crippen LogP contribution < -0.4 is 4.74 Å². The standard InChI is InChI=1S/C9H8N3O2/c13-12-3-6-1-7-8(11-4-10-7)2-9(6)14-5-12/h1-2,4H,3,5H2,(H,10,11)/q-1. The van der Waals surface area contributed by atoms with Crippen molar-refractivity contribution < 1.29 is 4.74 Å². The van der Waals surface area contributed by atoms with Crippen molar-refractivity contribution in [1.82, 2.24) is 15.0 Å². The predicted molar refractivity (Wildman–Crippen MR) is 50.5 cm³/mol. The van der Waals surface area contributed by atoms with Gasteiger partial charge in [-0.15, -0.1) is 0 Å². The number of aromatic amines is 1. The first kappa shape index (κ1) is 7.78. The van der Waals surface area contributed by atoms with Crippen LogP contribution in [-0.2, 0) is 6.54 Å². The lowest BCUT2D eigenvalue weighted by Crippen LogP contribution is -2.26. The quantitative estimate of drug-likeness (QED) is 0.678. The molecule has 3 rings (SSSR count). The topological polar surface area (TPSA) is 64.2 Å². The van der Waals surface area contributed by atoms with Crippen LogP contribution in [0, 0.1) is 5.21 Å². The van der Waals surface area contributed by atoms with Crippen LogP contribution in [0.25, 0.3) is 11.0 Å². The molecule has 0 aliphatic carbocycles. The lowest BCUT2D eigenvalue weighted by Gasteiger charge is -2.33. The highest BCUT2D eigenvalue weighted by Crippen LogP contribution is 2.28. The van der Waals surface area contributed by atoms with Gasteiger partial charge in [0.05, 0.1) is 17.4 Å². The van der Waals surface area contributed by atoms with E-state index in [9.17, 15) is 5.21 Å². The van der Waals surface area contributed by atoms with Crippen LogP contribution in [-0.4, -0.2) is 21.8 Å². The minimum absolute atomic E-state index is 0.100. The zero-order chi connectivity index (χ0) is 9.54. The van der Waals surface area contributed by atoms with Crippen molar-refractivity contribution in [1.29, 1.82) is 0 Å². The van der Waals surface area contributed by atoms with Crippen molar-refractivity contribution in [2.24, 2.45) is 0 Å². The Labute approximate surface area is 79.9 Å². The van der Waals surface area contributed by atoms with Crippen LogP contribution in [0.5, 0.6) is 5.75 Å². The van der Waals surface area contributed by atoms with Gasteiger partial charge in [-0.05, 0) is 6.07 Å². The van der Waals surface area contributed by atoms with Crippen LogP contribution in [0.2, 0.25) is 0 Å². The highest BCUT2D eigenvalue weighted by molar-refractivity contribution is 5.77.